The van der Waals surface area contributed by atoms with Crippen molar-refractivity contribution in [2.45, 2.75) is 32.5 Å². The minimum atomic E-state index is -0.197. The predicted octanol–water partition coefficient (Wildman–Crippen LogP) is 3.93. The summed E-state index contributed by atoms with van der Waals surface area (Å²) >= 11 is 1.47. The van der Waals surface area contributed by atoms with E-state index in [9.17, 15) is 0 Å². The van der Waals surface area contributed by atoms with E-state index in [1.54, 1.807) is 13.3 Å². The van der Waals surface area contributed by atoms with Crippen molar-refractivity contribution in [3.8, 4) is 16.2 Å². The first-order chi connectivity index (χ1) is 9.72. The van der Waals surface area contributed by atoms with E-state index in [1.165, 1.54) is 11.3 Å². The molecule has 108 valence electrons. The summed E-state index contributed by atoms with van der Waals surface area (Å²) in [5.74, 6) is 0.803. The first-order valence-electron chi connectivity index (χ1n) is 6.74. The maximum Gasteiger partial charge on any atom is 0.199 e. The van der Waals surface area contributed by atoms with Gasteiger partial charge in [0, 0.05) is 19.7 Å². The van der Waals surface area contributed by atoms with Gasteiger partial charge in [0.1, 0.15) is 5.75 Å². The monoisotopic (exact) mass is 292 g/mol. The van der Waals surface area contributed by atoms with E-state index in [1.807, 2.05) is 24.3 Å². The summed E-state index contributed by atoms with van der Waals surface area (Å²) in [6.07, 6.45) is 4.69. The molecule has 0 aliphatic rings. The molecule has 1 aromatic heterocycles. The highest BCUT2D eigenvalue weighted by atomic mass is 32.1. The average molecular weight is 292 g/mol. The number of nitrogens with two attached hydrogens (primary N) is 1. The highest BCUT2D eigenvalue weighted by Crippen LogP contribution is 2.30. The second kappa shape index (κ2) is 7.26. The fourth-order valence-electron chi connectivity index (χ4n) is 1.89. The zero-order valence-electron chi connectivity index (χ0n) is 11.8. The van der Waals surface area contributed by atoms with E-state index in [0.29, 0.717) is 5.13 Å². The Morgan fingerprint density at radius 3 is 2.90 bits per heavy atom. The van der Waals surface area contributed by atoms with Crippen molar-refractivity contribution in [2.75, 3.05) is 12.8 Å². The van der Waals surface area contributed by atoms with Crippen molar-refractivity contribution in [1.82, 2.24) is 4.98 Å². The zero-order chi connectivity index (χ0) is 14.4. The smallest absolute Gasteiger partial charge is 0.199 e. The lowest BCUT2D eigenvalue weighted by atomic mass is 10.2. The third-order valence-corrected chi connectivity index (χ3v) is 3.84. The molecule has 1 aromatic carbocycles. The van der Waals surface area contributed by atoms with Gasteiger partial charge in [-0.25, -0.2) is 4.98 Å². The Morgan fingerprint density at radius 2 is 2.25 bits per heavy atom. The number of nitrogens with zero attached hydrogens (tertiary/aromatic N) is 1. The van der Waals surface area contributed by atoms with Gasteiger partial charge < -0.3 is 15.2 Å². The number of methoxy groups -OCH3 is 1. The highest BCUT2D eigenvalue weighted by molar-refractivity contribution is 7.18. The lowest BCUT2D eigenvalue weighted by Gasteiger charge is -2.17. The number of anilines is 1. The van der Waals surface area contributed by atoms with Crippen molar-refractivity contribution in [2.24, 2.45) is 0 Å². The number of aromatic nitrogens is 1. The summed E-state index contributed by atoms with van der Waals surface area (Å²) < 4.78 is 11.2. The van der Waals surface area contributed by atoms with Gasteiger partial charge in [0.25, 0.3) is 0 Å². The Balaban J connectivity index is 2.09. The first kappa shape index (κ1) is 14.8. The standard InChI is InChI=1S/C15H20N2O2S/c1-3-4-8-14(18-2)19-12-7-5-6-11(9-12)13-10-17-15(16)20-13/h5-7,9-10,14H,3-4,8H2,1-2H3,(H2,16,17). The molecule has 0 amide bonds. The van der Waals surface area contributed by atoms with Crippen LogP contribution in [0.2, 0.25) is 0 Å². The molecule has 0 spiro atoms. The molecule has 0 radical (unpaired) electrons. The molecule has 1 unspecified atom stereocenters. The van der Waals surface area contributed by atoms with Gasteiger partial charge in [-0.2, -0.15) is 0 Å². The van der Waals surface area contributed by atoms with Crippen molar-refractivity contribution < 1.29 is 9.47 Å². The molecule has 2 aromatic rings. The lowest BCUT2D eigenvalue weighted by Crippen LogP contribution is -2.18. The van der Waals surface area contributed by atoms with E-state index in [0.717, 1.165) is 35.5 Å². The zero-order valence-corrected chi connectivity index (χ0v) is 12.7. The predicted molar refractivity (Wildman–Crippen MR) is 82.9 cm³/mol. The summed E-state index contributed by atoms with van der Waals surface area (Å²) in [5.41, 5.74) is 6.72. The maximum atomic E-state index is 5.87. The molecular formula is C15H20N2O2S. The van der Waals surface area contributed by atoms with Crippen LogP contribution in [0.3, 0.4) is 0 Å². The second-order valence-electron chi connectivity index (χ2n) is 4.52. The van der Waals surface area contributed by atoms with Gasteiger partial charge >= 0.3 is 0 Å². The third-order valence-electron chi connectivity index (χ3n) is 2.97. The van der Waals surface area contributed by atoms with Crippen LogP contribution < -0.4 is 10.5 Å². The normalized spacial score (nSPS) is 12.3. The molecule has 2 N–H and O–H groups in total. The lowest BCUT2D eigenvalue weighted by molar-refractivity contribution is -0.0591. The number of hydrogen-bond donors (Lipinski definition) is 1. The Labute approximate surface area is 123 Å². The first-order valence-corrected chi connectivity index (χ1v) is 7.55. The highest BCUT2D eigenvalue weighted by Gasteiger charge is 2.10. The average Bonchev–Trinajstić information content (AvgIpc) is 2.90. The molecule has 1 atom stereocenters. The maximum absolute atomic E-state index is 5.87. The summed E-state index contributed by atoms with van der Waals surface area (Å²) in [4.78, 5) is 5.11. The topological polar surface area (TPSA) is 57.4 Å². The fraction of sp³-hybridized carbons (Fsp3) is 0.400. The Morgan fingerprint density at radius 1 is 1.40 bits per heavy atom. The van der Waals surface area contributed by atoms with Gasteiger partial charge in [-0.3, -0.25) is 0 Å². The van der Waals surface area contributed by atoms with Crippen LogP contribution in [0, 0.1) is 0 Å². The number of unbranched alkanes of at least 4 members (excludes halogenated alkanes) is 1. The largest absolute Gasteiger partial charge is 0.465 e. The SMILES string of the molecule is CCCCC(OC)Oc1cccc(-c2cnc(N)s2)c1. The van der Waals surface area contributed by atoms with Gasteiger partial charge in [-0.15, -0.1) is 0 Å². The quantitative estimate of drug-likeness (QED) is 0.785. The molecule has 0 bridgehead atoms. The Bertz CT molecular complexity index is 542. The van der Waals surface area contributed by atoms with Crippen LogP contribution in [0.25, 0.3) is 10.4 Å². The minimum absolute atomic E-state index is 0.197. The van der Waals surface area contributed by atoms with Crippen molar-refractivity contribution in [1.29, 1.82) is 0 Å². The third kappa shape index (κ3) is 3.95. The molecule has 0 aliphatic heterocycles. The molecule has 0 saturated heterocycles. The van der Waals surface area contributed by atoms with E-state index in [4.69, 9.17) is 15.2 Å². The second-order valence-corrected chi connectivity index (χ2v) is 5.58. The number of ether oxygens (including phenoxy) is 2. The Hall–Kier alpha value is -1.59. The van der Waals surface area contributed by atoms with Crippen LogP contribution in [0.15, 0.2) is 30.5 Å². The van der Waals surface area contributed by atoms with E-state index in [2.05, 4.69) is 11.9 Å². The number of hydrogen-bond acceptors (Lipinski definition) is 5. The molecule has 5 heteroatoms. The van der Waals surface area contributed by atoms with E-state index in [-0.39, 0.29) is 6.29 Å². The van der Waals surface area contributed by atoms with Gasteiger partial charge in [0.2, 0.25) is 0 Å². The molecular weight excluding hydrogens is 272 g/mol. The molecule has 1 heterocycles. The van der Waals surface area contributed by atoms with Crippen LogP contribution in [0.5, 0.6) is 5.75 Å². The van der Waals surface area contributed by atoms with Crippen LogP contribution in [-0.2, 0) is 4.74 Å². The van der Waals surface area contributed by atoms with Gasteiger partial charge in [0.05, 0.1) is 4.88 Å². The van der Waals surface area contributed by atoms with Crippen molar-refractivity contribution in [3.63, 3.8) is 0 Å². The van der Waals surface area contributed by atoms with Crippen LogP contribution in [-0.4, -0.2) is 18.4 Å². The summed E-state index contributed by atoms with van der Waals surface area (Å²) in [6, 6.07) is 7.91. The van der Waals surface area contributed by atoms with Crippen molar-refractivity contribution in [3.05, 3.63) is 30.5 Å². The van der Waals surface area contributed by atoms with Crippen LogP contribution in [0.4, 0.5) is 5.13 Å². The number of nitrogen functional groups attached to an aromatic ring is 1. The fourth-order valence-corrected chi connectivity index (χ4v) is 2.57. The molecule has 2 rings (SSSR count). The summed E-state index contributed by atoms with van der Waals surface area (Å²) in [6.45, 7) is 2.15. The van der Waals surface area contributed by atoms with E-state index < -0.39 is 0 Å². The number of benzene rings is 1. The molecule has 20 heavy (non-hydrogen) atoms. The van der Waals surface area contributed by atoms with Gasteiger partial charge in [0.15, 0.2) is 11.4 Å². The number of rotatable bonds is 7. The minimum Gasteiger partial charge on any atom is -0.465 e. The molecule has 0 saturated carbocycles. The number of thiazole rings is 1. The Kier molecular flexibility index (Phi) is 5.38. The summed E-state index contributed by atoms with van der Waals surface area (Å²) in [5, 5.41) is 0.573. The van der Waals surface area contributed by atoms with Crippen LogP contribution >= 0.6 is 11.3 Å². The summed E-state index contributed by atoms with van der Waals surface area (Å²) in [7, 11) is 1.67. The van der Waals surface area contributed by atoms with Crippen molar-refractivity contribution >= 4 is 16.5 Å². The van der Waals surface area contributed by atoms with E-state index >= 15 is 0 Å². The van der Waals surface area contributed by atoms with Crippen LogP contribution in [0.1, 0.15) is 26.2 Å². The van der Waals surface area contributed by atoms with Gasteiger partial charge in [-0.1, -0.05) is 36.8 Å². The molecule has 0 aliphatic carbocycles. The van der Waals surface area contributed by atoms with Gasteiger partial charge in [-0.05, 0) is 24.1 Å². The molecule has 0 fully saturated rings. The molecule has 4 nitrogen and oxygen atoms in total.